The van der Waals surface area contributed by atoms with Crippen LogP contribution in [0, 0.1) is 11.8 Å². The van der Waals surface area contributed by atoms with Gasteiger partial charge in [-0.15, -0.1) is 11.6 Å². The van der Waals surface area contributed by atoms with Gasteiger partial charge in [-0.25, -0.2) is 4.98 Å². The number of hydrogen-bond acceptors (Lipinski definition) is 1. The smallest absolute Gasteiger partial charge is 0.125 e. The number of halogens is 2. The van der Waals surface area contributed by atoms with Crippen molar-refractivity contribution in [3.05, 3.63) is 28.5 Å². The zero-order chi connectivity index (χ0) is 14.3. The van der Waals surface area contributed by atoms with Gasteiger partial charge in [-0.2, -0.15) is 0 Å². The lowest BCUT2D eigenvalue weighted by molar-refractivity contribution is 0.330. The summed E-state index contributed by atoms with van der Waals surface area (Å²) in [7, 11) is 0. The van der Waals surface area contributed by atoms with E-state index < -0.39 is 0 Å². The van der Waals surface area contributed by atoms with Crippen LogP contribution < -0.4 is 0 Å². The summed E-state index contributed by atoms with van der Waals surface area (Å²) in [5, 5.41) is 0. The summed E-state index contributed by atoms with van der Waals surface area (Å²) in [4.78, 5) is 4.72. The maximum Gasteiger partial charge on any atom is 0.125 e. The summed E-state index contributed by atoms with van der Waals surface area (Å²) in [6, 6.07) is 6.88. The predicted octanol–water partition coefficient (Wildman–Crippen LogP) is 5.53. The zero-order valence-electron chi connectivity index (χ0n) is 11.9. The molecule has 1 aromatic heterocycles. The van der Waals surface area contributed by atoms with Crippen LogP contribution in [0.15, 0.2) is 22.7 Å². The molecule has 2 aromatic rings. The molecule has 0 N–H and O–H groups in total. The molecule has 1 aliphatic carbocycles. The number of hydrogen-bond donors (Lipinski definition) is 0. The van der Waals surface area contributed by atoms with Crippen molar-refractivity contribution in [3.63, 3.8) is 0 Å². The van der Waals surface area contributed by atoms with Gasteiger partial charge in [0.15, 0.2) is 0 Å². The Morgan fingerprint density at radius 1 is 1.40 bits per heavy atom. The van der Waals surface area contributed by atoms with E-state index in [9.17, 15) is 0 Å². The van der Waals surface area contributed by atoms with Crippen molar-refractivity contribution < 1.29 is 0 Å². The third-order valence-corrected chi connectivity index (χ3v) is 5.62. The van der Waals surface area contributed by atoms with Crippen molar-refractivity contribution >= 4 is 38.6 Å². The van der Waals surface area contributed by atoms with Crippen LogP contribution in [-0.4, -0.2) is 9.55 Å². The summed E-state index contributed by atoms with van der Waals surface area (Å²) in [5.74, 6) is 3.01. The molecule has 3 atom stereocenters. The SMILES string of the molecule is CCC1CCC(n2c(CCl)nc3cc(Br)ccc32)C1C. The lowest BCUT2D eigenvalue weighted by Gasteiger charge is -2.23. The number of fused-ring (bicyclic) bond motifs is 1. The molecule has 0 radical (unpaired) electrons. The molecule has 0 saturated heterocycles. The normalized spacial score (nSPS) is 26.5. The molecule has 1 aromatic carbocycles. The predicted molar refractivity (Wildman–Crippen MR) is 88.2 cm³/mol. The van der Waals surface area contributed by atoms with Crippen LogP contribution >= 0.6 is 27.5 Å². The van der Waals surface area contributed by atoms with Crippen LogP contribution in [0.4, 0.5) is 0 Å². The van der Waals surface area contributed by atoms with Gasteiger partial charge < -0.3 is 4.57 Å². The van der Waals surface area contributed by atoms with Gasteiger partial charge in [0.2, 0.25) is 0 Å². The lowest BCUT2D eigenvalue weighted by atomic mass is 9.93. The molecule has 108 valence electrons. The van der Waals surface area contributed by atoms with E-state index in [1.807, 2.05) is 0 Å². The summed E-state index contributed by atoms with van der Waals surface area (Å²) < 4.78 is 3.47. The standard InChI is InChI=1S/C16H20BrClN2/c1-3-11-4-6-14(10(11)2)20-15-7-5-12(17)8-13(15)19-16(20)9-18/h5,7-8,10-11,14H,3-4,6,9H2,1-2H3. The van der Waals surface area contributed by atoms with Crippen molar-refractivity contribution in [1.82, 2.24) is 9.55 Å². The summed E-state index contributed by atoms with van der Waals surface area (Å²) in [6.07, 6.45) is 3.83. The van der Waals surface area contributed by atoms with Gasteiger partial charge in [0.05, 0.1) is 16.9 Å². The Balaban J connectivity index is 2.10. The van der Waals surface area contributed by atoms with Gasteiger partial charge in [0.1, 0.15) is 5.82 Å². The Morgan fingerprint density at radius 3 is 2.85 bits per heavy atom. The summed E-state index contributed by atoms with van der Waals surface area (Å²) in [5.41, 5.74) is 2.26. The molecular formula is C16H20BrClN2. The highest BCUT2D eigenvalue weighted by Gasteiger charge is 2.34. The molecule has 1 heterocycles. The van der Waals surface area contributed by atoms with Crippen molar-refractivity contribution in [2.45, 2.75) is 45.0 Å². The van der Waals surface area contributed by atoms with E-state index in [0.717, 1.165) is 21.7 Å². The molecule has 1 aliphatic rings. The summed E-state index contributed by atoms with van der Waals surface area (Å²) >= 11 is 9.67. The fourth-order valence-electron chi connectivity index (χ4n) is 3.75. The lowest BCUT2D eigenvalue weighted by Crippen LogP contribution is -2.17. The second-order valence-electron chi connectivity index (χ2n) is 5.84. The van der Waals surface area contributed by atoms with Gasteiger partial charge >= 0.3 is 0 Å². The number of aromatic nitrogens is 2. The van der Waals surface area contributed by atoms with Crippen LogP contribution in [0.5, 0.6) is 0 Å². The largest absolute Gasteiger partial charge is 0.324 e. The molecule has 4 heteroatoms. The number of nitrogens with zero attached hydrogens (tertiary/aromatic N) is 2. The fourth-order valence-corrected chi connectivity index (χ4v) is 4.29. The quantitative estimate of drug-likeness (QED) is 0.661. The van der Waals surface area contributed by atoms with E-state index in [2.05, 4.69) is 52.5 Å². The van der Waals surface area contributed by atoms with Crippen LogP contribution in [0.1, 0.15) is 45.0 Å². The number of alkyl halides is 1. The molecule has 0 aliphatic heterocycles. The topological polar surface area (TPSA) is 17.8 Å². The Labute approximate surface area is 133 Å². The first-order valence-corrected chi connectivity index (χ1v) is 8.70. The second-order valence-corrected chi connectivity index (χ2v) is 7.02. The van der Waals surface area contributed by atoms with Gasteiger partial charge in [0, 0.05) is 10.5 Å². The summed E-state index contributed by atoms with van der Waals surface area (Å²) in [6.45, 7) is 4.68. The third-order valence-electron chi connectivity index (χ3n) is 4.88. The number of imidazole rings is 1. The van der Waals surface area contributed by atoms with E-state index in [0.29, 0.717) is 17.8 Å². The first-order valence-electron chi connectivity index (χ1n) is 7.38. The van der Waals surface area contributed by atoms with Gasteiger partial charge in [-0.1, -0.05) is 36.2 Å². The molecular weight excluding hydrogens is 336 g/mol. The van der Waals surface area contributed by atoms with E-state index in [1.54, 1.807) is 0 Å². The van der Waals surface area contributed by atoms with Gasteiger partial charge in [-0.05, 0) is 42.9 Å². The molecule has 3 rings (SSSR count). The monoisotopic (exact) mass is 354 g/mol. The Morgan fingerprint density at radius 2 is 2.20 bits per heavy atom. The average molecular weight is 356 g/mol. The zero-order valence-corrected chi connectivity index (χ0v) is 14.3. The highest BCUT2D eigenvalue weighted by atomic mass is 79.9. The Kier molecular flexibility index (Phi) is 4.09. The van der Waals surface area contributed by atoms with Gasteiger partial charge in [-0.3, -0.25) is 0 Å². The first-order chi connectivity index (χ1) is 9.65. The van der Waals surface area contributed by atoms with Crippen molar-refractivity contribution in [3.8, 4) is 0 Å². The Hall–Kier alpha value is -0.540. The molecule has 1 fully saturated rings. The third kappa shape index (κ3) is 2.29. The van der Waals surface area contributed by atoms with Crippen molar-refractivity contribution in [1.29, 1.82) is 0 Å². The second kappa shape index (κ2) is 5.69. The van der Waals surface area contributed by atoms with Crippen LogP contribution in [0.25, 0.3) is 11.0 Å². The molecule has 0 amide bonds. The minimum Gasteiger partial charge on any atom is -0.324 e. The van der Waals surface area contributed by atoms with Crippen LogP contribution in [-0.2, 0) is 5.88 Å². The maximum atomic E-state index is 6.14. The van der Waals surface area contributed by atoms with Crippen LogP contribution in [0.3, 0.4) is 0 Å². The molecule has 0 bridgehead atoms. The Bertz CT molecular complexity index is 622. The molecule has 1 saturated carbocycles. The number of benzene rings is 1. The maximum absolute atomic E-state index is 6.14. The van der Waals surface area contributed by atoms with E-state index in [4.69, 9.17) is 16.6 Å². The van der Waals surface area contributed by atoms with Crippen molar-refractivity contribution in [2.75, 3.05) is 0 Å². The molecule has 2 nitrogen and oxygen atoms in total. The minimum absolute atomic E-state index is 0.478. The van der Waals surface area contributed by atoms with E-state index in [-0.39, 0.29) is 0 Å². The average Bonchev–Trinajstić information content (AvgIpc) is 2.97. The fraction of sp³-hybridized carbons (Fsp3) is 0.562. The minimum atomic E-state index is 0.478. The van der Waals surface area contributed by atoms with Gasteiger partial charge in [0.25, 0.3) is 0 Å². The first kappa shape index (κ1) is 14.4. The highest BCUT2D eigenvalue weighted by Crippen LogP contribution is 2.43. The van der Waals surface area contributed by atoms with Crippen molar-refractivity contribution in [2.24, 2.45) is 11.8 Å². The molecule has 20 heavy (non-hydrogen) atoms. The van der Waals surface area contributed by atoms with E-state index in [1.165, 1.54) is 24.8 Å². The van der Waals surface area contributed by atoms with Crippen LogP contribution in [0.2, 0.25) is 0 Å². The highest BCUT2D eigenvalue weighted by molar-refractivity contribution is 9.10. The molecule has 3 unspecified atom stereocenters. The number of rotatable bonds is 3. The van der Waals surface area contributed by atoms with E-state index >= 15 is 0 Å². The molecule has 0 spiro atoms.